The average Bonchev–Trinajstić information content (AvgIpc) is 3.41. The third kappa shape index (κ3) is 5.88. The molecule has 1 aliphatic heterocycles. The molecule has 1 saturated heterocycles. The van der Waals surface area contributed by atoms with Crippen LogP contribution in [0.4, 0.5) is 16.3 Å². The Kier molecular flexibility index (Phi) is 6.78. The lowest BCUT2D eigenvalue weighted by atomic mass is 10.2. The van der Waals surface area contributed by atoms with Crippen LogP contribution in [0.1, 0.15) is 42.6 Å². The Morgan fingerprint density at radius 2 is 2.00 bits per heavy atom. The van der Waals surface area contributed by atoms with Crippen molar-refractivity contribution in [1.29, 1.82) is 0 Å². The first kappa shape index (κ1) is 23.6. The summed E-state index contributed by atoms with van der Waals surface area (Å²) in [4.78, 5) is 40.5. The first-order valence-corrected chi connectivity index (χ1v) is 11.9. The molecule has 10 heteroatoms. The molecule has 1 fully saturated rings. The number of aromatic nitrogens is 3. The molecule has 0 spiro atoms. The summed E-state index contributed by atoms with van der Waals surface area (Å²) in [5, 5.41) is 6.93. The topological polar surface area (TPSA) is 109 Å². The highest BCUT2D eigenvalue weighted by atomic mass is 32.1. The van der Waals surface area contributed by atoms with E-state index in [0.29, 0.717) is 40.2 Å². The fourth-order valence-corrected chi connectivity index (χ4v) is 4.46. The minimum Gasteiger partial charge on any atom is -0.444 e. The maximum atomic E-state index is 12.8. The largest absolute Gasteiger partial charge is 0.444 e. The highest BCUT2D eigenvalue weighted by Crippen LogP contribution is 2.27. The van der Waals surface area contributed by atoms with Crippen molar-refractivity contribution < 1.29 is 14.3 Å². The number of aryl methyl sites for hydroxylation is 1. The number of nitrogens with one attached hydrogen (secondary N) is 2. The van der Waals surface area contributed by atoms with E-state index in [1.54, 1.807) is 23.4 Å². The molecule has 1 aliphatic rings. The van der Waals surface area contributed by atoms with Crippen LogP contribution < -0.4 is 10.6 Å². The van der Waals surface area contributed by atoms with Gasteiger partial charge in [-0.05, 0) is 58.4 Å². The average molecular weight is 481 g/mol. The van der Waals surface area contributed by atoms with Crippen LogP contribution in [0.15, 0.2) is 42.7 Å². The van der Waals surface area contributed by atoms with Crippen LogP contribution >= 0.6 is 11.3 Å². The van der Waals surface area contributed by atoms with E-state index in [2.05, 4.69) is 25.6 Å². The van der Waals surface area contributed by atoms with Crippen molar-refractivity contribution in [3.63, 3.8) is 0 Å². The Bertz CT molecular complexity index is 1160. The zero-order valence-electron chi connectivity index (χ0n) is 19.7. The van der Waals surface area contributed by atoms with Crippen molar-refractivity contribution in [2.24, 2.45) is 0 Å². The van der Waals surface area contributed by atoms with Crippen molar-refractivity contribution in [2.45, 2.75) is 45.8 Å². The number of likely N-dealkylation sites (tertiary alicyclic amines) is 1. The van der Waals surface area contributed by atoms with E-state index in [9.17, 15) is 9.59 Å². The summed E-state index contributed by atoms with van der Waals surface area (Å²) in [6.07, 6.45) is 3.82. The molecule has 4 rings (SSSR count). The highest BCUT2D eigenvalue weighted by molar-refractivity contribution is 7.17. The number of hydrogen-bond acceptors (Lipinski definition) is 8. The van der Waals surface area contributed by atoms with E-state index in [4.69, 9.17) is 4.74 Å². The van der Waals surface area contributed by atoms with E-state index >= 15 is 0 Å². The molecule has 0 aromatic carbocycles. The Morgan fingerprint density at radius 1 is 1.18 bits per heavy atom. The second-order valence-corrected chi connectivity index (χ2v) is 10.1. The number of rotatable bonds is 5. The second kappa shape index (κ2) is 9.76. The van der Waals surface area contributed by atoms with Gasteiger partial charge in [0.1, 0.15) is 21.3 Å². The number of hydrogen-bond donors (Lipinski definition) is 2. The zero-order chi connectivity index (χ0) is 24.3. The second-order valence-electron chi connectivity index (χ2n) is 9.09. The molecular formula is C24H28N6O3S. The van der Waals surface area contributed by atoms with Crippen LogP contribution in [0.2, 0.25) is 0 Å². The van der Waals surface area contributed by atoms with Crippen molar-refractivity contribution in [3.8, 4) is 10.7 Å². The normalized spacial score (nSPS) is 15.8. The van der Waals surface area contributed by atoms with Crippen LogP contribution in [0.3, 0.4) is 0 Å². The molecule has 0 radical (unpaired) electrons. The van der Waals surface area contributed by atoms with Crippen LogP contribution in [-0.2, 0) is 4.74 Å². The smallest absolute Gasteiger partial charge is 0.410 e. The summed E-state index contributed by atoms with van der Waals surface area (Å²) in [6, 6.07) is 9.29. The molecular weight excluding hydrogens is 452 g/mol. The van der Waals surface area contributed by atoms with Gasteiger partial charge in [-0.15, -0.1) is 11.3 Å². The van der Waals surface area contributed by atoms with Gasteiger partial charge in [-0.3, -0.25) is 9.78 Å². The van der Waals surface area contributed by atoms with E-state index in [1.165, 1.54) is 11.3 Å². The molecule has 0 aliphatic carbocycles. The first-order valence-electron chi connectivity index (χ1n) is 11.1. The number of amides is 2. The molecule has 0 saturated carbocycles. The number of nitrogens with zero attached hydrogens (tertiary/aromatic N) is 4. The van der Waals surface area contributed by atoms with Gasteiger partial charge in [-0.2, -0.15) is 0 Å². The first-order chi connectivity index (χ1) is 16.2. The van der Waals surface area contributed by atoms with E-state index in [1.807, 2.05) is 52.0 Å². The van der Waals surface area contributed by atoms with Gasteiger partial charge in [-0.1, -0.05) is 6.07 Å². The van der Waals surface area contributed by atoms with Crippen molar-refractivity contribution in [1.82, 2.24) is 19.9 Å². The Balaban J connectivity index is 1.33. The maximum Gasteiger partial charge on any atom is 0.410 e. The molecule has 0 bridgehead atoms. The van der Waals surface area contributed by atoms with Crippen LogP contribution in [0, 0.1) is 6.92 Å². The van der Waals surface area contributed by atoms with Gasteiger partial charge < -0.3 is 20.3 Å². The van der Waals surface area contributed by atoms with E-state index < -0.39 is 5.60 Å². The summed E-state index contributed by atoms with van der Waals surface area (Å²) in [6.45, 7) is 8.57. The number of carbonyl (C=O) groups is 2. The molecule has 2 amide bonds. The predicted octanol–water partition coefficient (Wildman–Crippen LogP) is 4.58. The summed E-state index contributed by atoms with van der Waals surface area (Å²) >= 11 is 1.31. The fraction of sp³-hybridized carbons (Fsp3) is 0.375. The molecule has 34 heavy (non-hydrogen) atoms. The van der Waals surface area contributed by atoms with Crippen molar-refractivity contribution in [2.75, 3.05) is 23.7 Å². The highest BCUT2D eigenvalue weighted by Gasteiger charge is 2.29. The Hall–Kier alpha value is -3.53. The van der Waals surface area contributed by atoms with E-state index in [-0.39, 0.29) is 18.0 Å². The van der Waals surface area contributed by atoms with Crippen LogP contribution in [0.25, 0.3) is 10.7 Å². The van der Waals surface area contributed by atoms with Gasteiger partial charge in [0.15, 0.2) is 0 Å². The predicted molar refractivity (Wildman–Crippen MR) is 132 cm³/mol. The Morgan fingerprint density at radius 3 is 2.68 bits per heavy atom. The standard InChI is InChI=1S/C24H28N6O3S/c1-15-20(34-22(27-15)18-7-5-6-11-25-18)21(31)29-16-8-9-19(26-13-16)28-17-10-12-30(14-17)23(32)33-24(2,3)4/h5-9,11,13,17H,10,12,14H2,1-4H3,(H,26,28)(H,29,31). The van der Waals surface area contributed by atoms with Gasteiger partial charge in [0.05, 0.1) is 23.3 Å². The summed E-state index contributed by atoms with van der Waals surface area (Å²) < 4.78 is 5.44. The summed E-state index contributed by atoms with van der Waals surface area (Å²) in [7, 11) is 0. The number of carbonyl (C=O) groups excluding carboxylic acids is 2. The van der Waals surface area contributed by atoms with E-state index in [0.717, 1.165) is 12.1 Å². The van der Waals surface area contributed by atoms with Gasteiger partial charge in [0.2, 0.25) is 0 Å². The van der Waals surface area contributed by atoms with Gasteiger partial charge >= 0.3 is 6.09 Å². The Labute approximate surface area is 202 Å². The lowest BCUT2D eigenvalue weighted by Crippen LogP contribution is -2.36. The molecule has 1 atom stereocenters. The third-order valence-electron chi connectivity index (χ3n) is 5.10. The van der Waals surface area contributed by atoms with Crippen LogP contribution in [-0.4, -0.2) is 56.6 Å². The molecule has 3 aromatic heterocycles. The quantitative estimate of drug-likeness (QED) is 0.550. The lowest BCUT2D eigenvalue weighted by molar-refractivity contribution is 0.0293. The number of ether oxygens (including phenoxy) is 1. The molecule has 4 heterocycles. The molecule has 1 unspecified atom stereocenters. The monoisotopic (exact) mass is 480 g/mol. The van der Waals surface area contributed by atoms with Gasteiger partial charge in [-0.25, -0.2) is 14.8 Å². The SMILES string of the molecule is Cc1nc(-c2ccccn2)sc1C(=O)Nc1ccc(NC2CCN(C(=O)OC(C)(C)C)C2)nc1. The zero-order valence-corrected chi connectivity index (χ0v) is 20.5. The molecule has 2 N–H and O–H groups in total. The summed E-state index contributed by atoms with van der Waals surface area (Å²) in [5.41, 5.74) is 1.47. The van der Waals surface area contributed by atoms with Crippen LogP contribution in [0.5, 0.6) is 0 Å². The minimum atomic E-state index is -0.512. The fourth-order valence-electron chi connectivity index (χ4n) is 3.53. The number of thiazole rings is 1. The molecule has 3 aromatic rings. The van der Waals surface area contributed by atoms with Crippen molar-refractivity contribution >= 4 is 34.8 Å². The van der Waals surface area contributed by atoms with Gasteiger partial charge in [0.25, 0.3) is 5.91 Å². The number of anilines is 2. The molecule has 9 nitrogen and oxygen atoms in total. The maximum absolute atomic E-state index is 12.8. The third-order valence-corrected chi connectivity index (χ3v) is 6.28. The number of pyridine rings is 2. The van der Waals surface area contributed by atoms with Gasteiger partial charge in [0, 0.05) is 25.3 Å². The minimum absolute atomic E-state index is 0.0883. The molecule has 178 valence electrons. The lowest BCUT2D eigenvalue weighted by Gasteiger charge is -2.24. The summed E-state index contributed by atoms with van der Waals surface area (Å²) in [5.74, 6) is 0.448. The van der Waals surface area contributed by atoms with Crippen molar-refractivity contribution in [3.05, 3.63) is 53.3 Å².